The van der Waals surface area contributed by atoms with E-state index in [0.29, 0.717) is 73.7 Å². The molecule has 11 heteroatoms. The van der Waals surface area contributed by atoms with Crippen LogP contribution in [-0.2, 0) is 22.5 Å². The van der Waals surface area contributed by atoms with Crippen LogP contribution in [0, 0.1) is 0 Å². The molecule has 1 aromatic heterocycles. The van der Waals surface area contributed by atoms with Crippen LogP contribution >= 0.6 is 11.6 Å². The molecule has 0 fully saturated rings. The summed E-state index contributed by atoms with van der Waals surface area (Å²) in [5.41, 5.74) is 0.363. The first-order valence-corrected chi connectivity index (χ1v) is 10.4. The van der Waals surface area contributed by atoms with Gasteiger partial charge in [-0.3, -0.25) is 14.5 Å². The van der Waals surface area contributed by atoms with Crippen molar-refractivity contribution in [1.82, 2.24) is 25.7 Å². The second-order valence-electron chi connectivity index (χ2n) is 7.01. The first-order valence-electron chi connectivity index (χ1n) is 10.0. The molecule has 2 amide bonds. The van der Waals surface area contributed by atoms with E-state index in [9.17, 15) is 9.59 Å². The number of halogens is 1. The van der Waals surface area contributed by atoms with Crippen molar-refractivity contribution in [2.45, 2.75) is 19.4 Å². The van der Waals surface area contributed by atoms with Crippen molar-refractivity contribution >= 4 is 23.4 Å². The molecule has 0 spiro atoms. The number of aromatic nitrogens is 2. The Morgan fingerprint density at radius 2 is 2.13 bits per heavy atom. The molecule has 3 rings (SSSR count). The smallest absolute Gasteiger partial charge is 0.255 e. The molecule has 0 atom stereocenters. The summed E-state index contributed by atoms with van der Waals surface area (Å²) in [5.74, 6) is 1.02. The highest BCUT2D eigenvalue weighted by atomic mass is 35.5. The minimum atomic E-state index is -0.259. The van der Waals surface area contributed by atoms with Gasteiger partial charge in [-0.15, -0.1) is 0 Å². The van der Waals surface area contributed by atoms with Gasteiger partial charge in [-0.2, -0.15) is 4.98 Å². The van der Waals surface area contributed by atoms with Gasteiger partial charge in [0, 0.05) is 31.6 Å². The van der Waals surface area contributed by atoms with Gasteiger partial charge in [0.25, 0.3) is 5.91 Å². The number of carbonyl (C=O) groups excluding carboxylic acids is 2. The van der Waals surface area contributed by atoms with Crippen LogP contribution < -0.4 is 15.4 Å². The molecule has 2 heterocycles. The summed E-state index contributed by atoms with van der Waals surface area (Å²) in [5, 5.41) is 10.1. The number of fused-ring (bicyclic) bond motifs is 1. The van der Waals surface area contributed by atoms with Crippen LogP contribution in [0.2, 0.25) is 5.02 Å². The van der Waals surface area contributed by atoms with E-state index < -0.39 is 0 Å². The lowest BCUT2D eigenvalue weighted by molar-refractivity contribution is -0.122. The number of methoxy groups -OCH3 is 1. The molecule has 0 unspecified atom stereocenters. The average Bonchev–Trinajstić information content (AvgIpc) is 3.20. The third-order valence-corrected chi connectivity index (χ3v) is 4.81. The molecule has 168 valence electrons. The molecule has 2 aromatic rings. The molecule has 1 aromatic carbocycles. The van der Waals surface area contributed by atoms with E-state index in [1.807, 2.05) is 4.90 Å². The average molecular weight is 452 g/mol. The third kappa shape index (κ3) is 7.20. The summed E-state index contributed by atoms with van der Waals surface area (Å²) in [7, 11) is 1.61. The van der Waals surface area contributed by atoms with Crippen LogP contribution in [-0.4, -0.2) is 73.4 Å². The minimum Gasteiger partial charge on any atom is -0.491 e. The van der Waals surface area contributed by atoms with Gasteiger partial charge < -0.3 is 24.6 Å². The van der Waals surface area contributed by atoms with E-state index in [2.05, 4.69) is 20.8 Å². The van der Waals surface area contributed by atoms with Crippen molar-refractivity contribution in [3.05, 3.63) is 40.5 Å². The van der Waals surface area contributed by atoms with Gasteiger partial charge in [-0.05, 0) is 24.6 Å². The number of ether oxygens (including phenoxy) is 2. The normalized spacial score (nSPS) is 16.6. The minimum absolute atomic E-state index is 0.139. The maximum absolute atomic E-state index is 12.6. The third-order valence-electron chi connectivity index (χ3n) is 4.57. The fourth-order valence-corrected chi connectivity index (χ4v) is 3.24. The number of rotatable bonds is 5. The highest BCUT2D eigenvalue weighted by Crippen LogP contribution is 2.23. The first-order chi connectivity index (χ1) is 15.0. The van der Waals surface area contributed by atoms with Crippen molar-refractivity contribution in [3.63, 3.8) is 0 Å². The lowest BCUT2D eigenvalue weighted by atomic mass is 10.2. The number of carbonyl (C=O) groups is 2. The molecule has 10 nitrogen and oxygen atoms in total. The Balaban J connectivity index is 1.64. The summed E-state index contributed by atoms with van der Waals surface area (Å²) in [6.45, 7) is 2.50. The monoisotopic (exact) mass is 451 g/mol. The zero-order valence-electron chi connectivity index (χ0n) is 17.4. The Labute approximate surface area is 185 Å². The van der Waals surface area contributed by atoms with E-state index in [4.69, 9.17) is 25.6 Å². The Kier molecular flexibility index (Phi) is 8.63. The Bertz CT molecular complexity index is 891. The van der Waals surface area contributed by atoms with Gasteiger partial charge in [0.15, 0.2) is 5.82 Å². The van der Waals surface area contributed by atoms with E-state index in [1.165, 1.54) is 0 Å². The molecule has 1 aliphatic rings. The highest BCUT2D eigenvalue weighted by Gasteiger charge is 2.18. The zero-order chi connectivity index (χ0) is 22.1. The largest absolute Gasteiger partial charge is 0.491 e. The second kappa shape index (κ2) is 11.6. The Hall–Kier alpha value is -2.69. The van der Waals surface area contributed by atoms with E-state index >= 15 is 0 Å². The van der Waals surface area contributed by atoms with Gasteiger partial charge in [0.2, 0.25) is 11.8 Å². The molecule has 31 heavy (non-hydrogen) atoms. The summed E-state index contributed by atoms with van der Waals surface area (Å²) in [4.78, 5) is 31.2. The van der Waals surface area contributed by atoms with E-state index in [1.54, 1.807) is 25.3 Å². The highest BCUT2D eigenvalue weighted by molar-refractivity contribution is 6.31. The first kappa shape index (κ1) is 23.0. The maximum atomic E-state index is 12.6. The summed E-state index contributed by atoms with van der Waals surface area (Å²) in [6.07, 6.45) is 1.18. The number of nitrogens with zero attached hydrogens (tertiary/aromatic N) is 3. The Morgan fingerprint density at radius 3 is 2.97 bits per heavy atom. The Morgan fingerprint density at radius 1 is 1.26 bits per heavy atom. The summed E-state index contributed by atoms with van der Waals surface area (Å²) < 4.78 is 16.0. The van der Waals surface area contributed by atoms with Gasteiger partial charge in [-0.1, -0.05) is 16.8 Å². The molecule has 2 N–H and O–H groups in total. The second-order valence-corrected chi connectivity index (χ2v) is 7.44. The van der Waals surface area contributed by atoms with Crippen LogP contribution in [0.4, 0.5) is 0 Å². The number of hydrogen-bond acceptors (Lipinski definition) is 8. The molecule has 0 radical (unpaired) electrons. The standard InChI is InChI=1S/C20H26ClN5O5/c1-29-9-5-17-24-19(31-25-17)13-26-8-2-6-23-20(28)15-11-14(21)3-4-16(15)30-10-7-22-18(27)12-26/h3-4,11H,2,5-10,12-13H2,1H3,(H,22,27)(H,23,28). The molecule has 0 aliphatic carbocycles. The van der Waals surface area contributed by atoms with Crippen LogP contribution in [0.5, 0.6) is 5.75 Å². The predicted octanol–water partition coefficient (Wildman–Crippen LogP) is 1.04. The van der Waals surface area contributed by atoms with Gasteiger partial charge in [-0.25, -0.2) is 0 Å². The molecule has 1 aliphatic heterocycles. The van der Waals surface area contributed by atoms with Crippen LogP contribution in [0.3, 0.4) is 0 Å². The summed E-state index contributed by atoms with van der Waals surface area (Å²) in [6, 6.07) is 4.88. The lowest BCUT2D eigenvalue weighted by Crippen LogP contribution is -2.40. The molecular formula is C20H26ClN5O5. The number of nitrogens with one attached hydrogen (secondary N) is 2. The number of benzene rings is 1. The van der Waals surface area contributed by atoms with Crippen molar-refractivity contribution in [1.29, 1.82) is 0 Å². The predicted molar refractivity (Wildman–Crippen MR) is 112 cm³/mol. The topological polar surface area (TPSA) is 119 Å². The quantitative estimate of drug-likeness (QED) is 0.692. The van der Waals surface area contributed by atoms with Gasteiger partial charge in [0.05, 0.1) is 31.8 Å². The van der Waals surface area contributed by atoms with Crippen LogP contribution in [0.15, 0.2) is 22.7 Å². The molecule has 0 saturated carbocycles. The van der Waals surface area contributed by atoms with E-state index in [-0.39, 0.29) is 25.0 Å². The van der Waals surface area contributed by atoms with Gasteiger partial charge in [0.1, 0.15) is 12.4 Å². The molecular weight excluding hydrogens is 426 g/mol. The van der Waals surface area contributed by atoms with Crippen LogP contribution in [0.1, 0.15) is 28.5 Å². The maximum Gasteiger partial charge on any atom is 0.255 e. The van der Waals surface area contributed by atoms with Gasteiger partial charge >= 0.3 is 0 Å². The van der Waals surface area contributed by atoms with Crippen molar-refractivity contribution in [2.24, 2.45) is 0 Å². The van der Waals surface area contributed by atoms with Crippen molar-refractivity contribution in [2.75, 3.05) is 46.5 Å². The molecule has 0 saturated heterocycles. The van der Waals surface area contributed by atoms with Crippen molar-refractivity contribution in [3.8, 4) is 5.75 Å². The number of hydrogen-bond donors (Lipinski definition) is 2. The fourth-order valence-electron chi connectivity index (χ4n) is 3.07. The van der Waals surface area contributed by atoms with Crippen LogP contribution in [0.25, 0.3) is 0 Å². The SMILES string of the molecule is COCCc1noc(CN2CCCNC(=O)c3cc(Cl)ccc3OCCNC(=O)C2)n1. The number of amides is 2. The zero-order valence-corrected chi connectivity index (χ0v) is 18.1. The van der Waals surface area contributed by atoms with Crippen molar-refractivity contribution < 1.29 is 23.6 Å². The summed E-state index contributed by atoms with van der Waals surface area (Å²) >= 11 is 6.03. The van der Waals surface area contributed by atoms with E-state index in [0.717, 1.165) is 0 Å². The lowest BCUT2D eigenvalue weighted by Gasteiger charge is -2.21. The molecule has 0 bridgehead atoms. The fraction of sp³-hybridized carbons (Fsp3) is 0.500.